The molecule has 8 heteroatoms. The number of hydrogen-bond acceptors (Lipinski definition) is 7. The van der Waals surface area contributed by atoms with E-state index in [0.29, 0.717) is 38.0 Å². The molecule has 7 nitrogen and oxygen atoms in total. The molecule has 2 aromatic heterocycles. The predicted octanol–water partition coefficient (Wildman–Crippen LogP) is 2.34. The van der Waals surface area contributed by atoms with Gasteiger partial charge in [-0.1, -0.05) is 6.92 Å². The van der Waals surface area contributed by atoms with Crippen molar-refractivity contribution in [2.45, 2.75) is 58.8 Å². The molecule has 0 unspecified atom stereocenters. The van der Waals surface area contributed by atoms with Crippen LogP contribution in [0.25, 0.3) is 10.2 Å². The van der Waals surface area contributed by atoms with Gasteiger partial charge in [0.05, 0.1) is 37.4 Å². The highest BCUT2D eigenvalue weighted by molar-refractivity contribution is 7.18. The van der Waals surface area contributed by atoms with Crippen molar-refractivity contribution in [1.82, 2.24) is 14.9 Å². The molecule has 0 amide bonds. The molecule has 29 heavy (non-hydrogen) atoms. The van der Waals surface area contributed by atoms with Gasteiger partial charge in [-0.05, 0) is 44.6 Å². The Morgan fingerprint density at radius 2 is 2.21 bits per heavy atom. The third-order valence-electron chi connectivity index (χ3n) is 5.29. The van der Waals surface area contributed by atoms with Gasteiger partial charge in [0.25, 0.3) is 5.56 Å². The van der Waals surface area contributed by atoms with Crippen molar-refractivity contribution in [1.29, 1.82) is 0 Å². The lowest BCUT2D eigenvalue weighted by Gasteiger charge is -2.24. The Morgan fingerprint density at radius 3 is 2.93 bits per heavy atom. The summed E-state index contributed by atoms with van der Waals surface area (Å²) >= 11 is 1.66. The topological polar surface area (TPSA) is 87.7 Å². The van der Waals surface area contributed by atoms with Gasteiger partial charge in [-0.25, -0.2) is 4.98 Å². The van der Waals surface area contributed by atoms with Crippen LogP contribution in [0.1, 0.15) is 43.5 Å². The van der Waals surface area contributed by atoms with E-state index in [1.54, 1.807) is 18.4 Å². The van der Waals surface area contributed by atoms with Gasteiger partial charge < -0.3 is 19.6 Å². The third kappa shape index (κ3) is 5.86. The Morgan fingerprint density at radius 1 is 1.41 bits per heavy atom. The SMILES string of the molecule is COCCN(Cc1nc2sc3c(c2c(=O)[nH]1)CC[C@@H](C)C3)C[C@H](O)COC(C)C. The Hall–Kier alpha value is -1.32. The van der Waals surface area contributed by atoms with E-state index in [-0.39, 0.29) is 18.3 Å². The molecule has 0 radical (unpaired) electrons. The van der Waals surface area contributed by atoms with Crippen LogP contribution in [-0.4, -0.2) is 65.6 Å². The zero-order valence-corrected chi connectivity index (χ0v) is 18.7. The number of rotatable bonds is 10. The lowest BCUT2D eigenvalue weighted by atomic mass is 9.89. The Kier molecular flexibility index (Phi) is 7.81. The average molecular weight is 424 g/mol. The summed E-state index contributed by atoms with van der Waals surface area (Å²) in [6, 6.07) is 0. The van der Waals surface area contributed by atoms with Gasteiger partial charge in [0.1, 0.15) is 10.7 Å². The fraction of sp³-hybridized carbons (Fsp3) is 0.714. The summed E-state index contributed by atoms with van der Waals surface area (Å²) < 4.78 is 10.7. The van der Waals surface area contributed by atoms with E-state index in [9.17, 15) is 9.90 Å². The van der Waals surface area contributed by atoms with E-state index in [0.717, 1.165) is 29.5 Å². The normalized spacial score (nSPS) is 18.0. The molecule has 0 saturated heterocycles. The number of nitrogens with one attached hydrogen (secondary N) is 1. The molecule has 3 rings (SSSR count). The summed E-state index contributed by atoms with van der Waals surface area (Å²) in [5.41, 5.74) is 1.15. The first-order valence-corrected chi connectivity index (χ1v) is 11.2. The monoisotopic (exact) mass is 423 g/mol. The van der Waals surface area contributed by atoms with Crippen LogP contribution < -0.4 is 5.56 Å². The second-order valence-corrected chi connectivity index (χ2v) is 9.39. The van der Waals surface area contributed by atoms with Gasteiger partial charge in [-0.15, -0.1) is 11.3 Å². The Balaban J connectivity index is 1.77. The van der Waals surface area contributed by atoms with Crippen molar-refractivity contribution in [3.8, 4) is 0 Å². The lowest BCUT2D eigenvalue weighted by Crippen LogP contribution is -2.37. The van der Waals surface area contributed by atoms with Gasteiger partial charge in [-0.2, -0.15) is 0 Å². The Labute approximate surface area is 176 Å². The molecule has 2 heterocycles. The maximum atomic E-state index is 12.8. The van der Waals surface area contributed by atoms with Crippen LogP contribution in [0.3, 0.4) is 0 Å². The highest BCUT2D eigenvalue weighted by atomic mass is 32.1. The van der Waals surface area contributed by atoms with Crippen LogP contribution in [-0.2, 0) is 28.9 Å². The van der Waals surface area contributed by atoms with Crippen molar-refractivity contribution >= 4 is 21.6 Å². The third-order valence-corrected chi connectivity index (χ3v) is 6.44. The molecule has 2 N–H and O–H groups in total. The minimum absolute atomic E-state index is 0.0487. The maximum Gasteiger partial charge on any atom is 0.259 e. The van der Waals surface area contributed by atoms with E-state index < -0.39 is 6.10 Å². The minimum atomic E-state index is -0.611. The van der Waals surface area contributed by atoms with Gasteiger partial charge in [0.15, 0.2) is 0 Å². The van der Waals surface area contributed by atoms with Crippen molar-refractivity contribution < 1.29 is 14.6 Å². The number of hydrogen-bond donors (Lipinski definition) is 2. The molecule has 1 aliphatic rings. The van der Waals surface area contributed by atoms with Crippen LogP contribution in [0.5, 0.6) is 0 Å². The van der Waals surface area contributed by atoms with Gasteiger partial charge in [-0.3, -0.25) is 9.69 Å². The molecular weight excluding hydrogens is 390 g/mol. The summed E-state index contributed by atoms with van der Waals surface area (Å²) in [7, 11) is 1.65. The summed E-state index contributed by atoms with van der Waals surface area (Å²) in [5, 5.41) is 11.1. The van der Waals surface area contributed by atoms with Gasteiger partial charge in [0, 0.05) is 25.1 Å². The molecule has 1 aliphatic carbocycles. The number of aliphatic hydroxyl groups is 1. The number of H-pyrrole nitrogens is 1. The molecule has 0 aromatic carbocycles. The molecular formula is C21H33N3O4S. The lowest BCUT2D eigenvalue weighted by molar-refractivity contribution is -0.0124. The zero-order chi connectivity index (χ0) is 21.0. The van der Waals surface area contributed by atoms with Crippen molar-refractivity contribution in [2.75, 3.05) is 33.4 Å². The maximum absolute atomic E-state index is 12.8. The summed E-state index contributed by atoms with van der Waals surface area (Å²) in [6.07, 6.45) is 2.59. The fourth-order valence-electron chi connectivity index (χ4n) is 3.79. The summed E-state index contributed by atoms with van der Waals surface area (Å²) in [4.78, 5) is 24.7. The molecule has 0 spiro atoms. The fourth-order valence-corrected chi connectivity index (χ4v) is 5.19. The summed E-state index contributed by atoms with van der Waals surface area (Å²) in [5.74, 6) is 1.29. The highest BCUT2D eigenvalue weighted by Crippen LogP contribution is 2.35. The largest absolute Gasteiger partial charge is 0.389 e. The standard InChI is InChI=1S/C21H33N3O4S/c1-13(2)28-12-15(25)10-24(7-8-27-4)11-18-22-20(26)19-16-6-5-14(3)9-17(16)29-21(19)23-18/h13-15,25H,5-12H2,1-4H3,(H,22,23,26)/t14-,15+/m1/s1. The molecule has 0 saturated carbocycles. The molecule has 0 fully saturated rings. The predicted molar refractivity (Wildman–Crippen MR) is 116 cm³/mol. The second kappa shape index (κ2) is 10.1. The number of ether oxygens (including phenoxy) is 2. The average Bonchev–Trinajstić information content (AvgIpc) is 3.02. The van der Waals surface area contributed by atoms with E-state index in [1.165, 1.54) is 10.4 Å². The van der Waals surface area contributed by atoms with Crippen molar-refractivity contribution in [3.05, 3.63) is 26.6 Å². The molecule has 162 valence electrons. The van der Waals surface area contributed by atoms with E-state index >= 15 is 0 Å². The van der Waals surface area contributed by atoms with E-state index in [1.807, 2.05) is 18.7 Å². The zero-order valence-electron chi connectivity index (χ0n) is 17.9. The van der Waals surface area contributed by atoms with E-state index in [4.69, 9.17) is 14.5 Å². The van der Waals surface area contributed by atoms with Crippen molar-refractivity contribution in [3.63, 3.8) is 0 Å². The van der Waals surface area contributed by atoms with Gasteiger partial charge in [0.2, 0.25) is 0 Å². The molecule has 0 bridgehead atoms. The number of thiophene rings is 1. The summed E-state index contributed by atoms with van der Waals surface area (Å²) in [6.45, 7) is 8.48. The minimum Gasteiger partial charge on any atom is -0.389 e. The van der Waals surface area contributed by atoms with Crippen LogP contribution in [0, 0.1) is 5.92 Å². The van der Waals surface area contributed by atoms with Crippen LogP contribution in [0.2, 0.25) is 0 Å². The highest BCUT2D eigenvalue weighted by Gasteiger charge is 2.23. The first-order chi connectivity index (χ1) is 13.9. The number of aromatic amines is 1. The molecule has 0 aliphatic heterocycles. The number of aryl methyl sites for hydroxylation is 1. The number of methoxy groups -OCH3 is 1. The van der Waals surface area contributed by atoms with Crippen LogP contribution >= 0.6 is 11.3 Å². The Bertz CT molecular complexity index is 863. The van der Waals surface area contributed by atoms with E-state index in [2.05, 4.69) is 11.9 Å². The van der Waals surface area contributed by atoms with Crippen molar-refractivity contribution in [2.24, 2.45) is 5.92 Å². The number of aromatic nitrogens is 2. The smallest absolute Gasteiger partial charge is 0.259 e. The first-order valence-electron chi connectivity index (χ1n) is 10.4. The first kappa shape index (κ1) is 22.4. The van der Waals surface area contributed by atoms with Crippen LogP contribution in [0.15, 0.2) is 4.79 Å². The molecule has 2 atom stereocenters. The second-order valence-electron chi connectivity index (χ2n) is 8.31. The number of nitrogens with zero attached hydrogens (tertiary/aromatic N) is 2. The number of aliphatic hydroxyl groups excluding tert-OH is 1. The van der Waals surface area contributed by atoms with Crippen LogP contribution in [0.4, 0.5) is 0 Å². The molecule has 2 aromatic rings. The van der Waals surface area contributed by atoms with Gasteiger partial charge >= 0.3 is 0 Å². The number of fused-ring (bicyclic) bond motifs is 3. The quantitative estimate of drug-likeness (QED) is 0.610.